The van der Waals surface area contributed by atoms with Crippen molar-refractivity contribution in [1.82, 2.24) is 0 Å². The molecular weight excluding hydrogens is 583 g/mol. The lowest BCUT2D eigenvalue weighted by Gasteiger charge is -2.28. The van der Waals surface area contributed by atoms with Crippen LogP contribution in [-0.2, 0) is 15.6 Å². The van der Waals surface area contributed by atoms with Crippen LogP contribution in [0.15, 0.2) is 115 Å². The van der Waals surface area contributed by atoms with Crippen molar-refractivity contribution in [3.8, 4) is 10.4 Å². The highest BCUT2D eigenvalue weighted by atomic mass is 32.1. The van der Waals surface area contributed by atoms with Gasteiger partial charge in [0.2, 0.25) is 0 Å². The summed E-state index contributed by atoms with van der Waals surface area (Å²) in [5.74, 6) is -0.256. The Labute approximate surface area is 279 Å². The number of rotatable bonds is 8. The van der Waals surface area contributed by atoms with Crippen molar-refractivity contribution in [2.24, 2.45) is 0 Å². The number of thiophene rings is 1. The minimum Gasteiger partial charge on any atom is -0.311 e. The fourth-order valence-corrected chi connectivity index (χ4v) is 6.28. The molecule has 0 aliphatic heterocycles. The molecule has 5 aromatic rings. The first-order valence-electron chi connectivity index (χ1n) is 15.3. The second-order valence-electron chi connectivity index (χ2n) is 13.5. The van der Waals surface area contributed by atoms with E-state index in [0.717, 1.165) is 37.9 Å². The first kappa shape index (κ1) is 34.3. The Morgan fingerprint density at radius 1 is 0.652 bits per heavy atom. The maximum atomic E-state index is 13.0. The second-order valence-corrected chi connectivity index (χ2v) is 14.7. The number of ketones is 1. The molecule has 5 rings (SSSR count). The zero-order valence-electron chi connectivity index (χ0n) is 27.2. The van der Waals surface area contributed by atoms with Crippen LogP contribution in [0.25, 0.3) is 16.5 Å². The summed E-state index contributed by atoms with van der Waals surface area (Å²) in [5.41, 5.74) is 8.64. The van der Waals surface area contributed by atoms with Crippen molar-refractivity contribution in [3.63, 3.8) is 0 Å². The molecule has 0 N–H and O–H groups in total. The quantitative estimate of drug-likeness (QED) is 0.0565. The van der Waals surface area contributed by atoms with E-state index in [2.05, 4.69) is 119 Å². The van der Waals surface area contributed by atoms with Gasteiger partial charge in [-0.1, -0.05) is 110 Å². The SMILES string of the molecule is C.Cc1ccccc1C(=O)/C(C=O)=C\c1ccc(-c2ccc(N(c3ccc(C(C)(C)C)cc3)c3ccc(C(C)(C)C)cc3)cc2)s1. The van der Waals surface area contributed by atoms with Crippen LogP contribution in [0.1, 0.15) is 80.9 Å². The topological polar surface area (TPSA) is 37.4 Å². The van der Waals surface area contributed by atoms with Gasteiger partial charge in [-0.05, 0) is 94.6 Å². The van der Waals surface area contributed by atoms with E-state index >= 15 is 0 Å². The largest absolute Gasteiger partial charge is 0.311 e. The van der Waals surface area contributed by atoms with Gasteiger partial charge < -0.3 is 4.90 Å². The van der Waals surface area contributed by atoms with Crippen molar-refractivity contribution >= 4 is 46.5 Å². The van der Waals surface area contributed by atoms with Crippen LogP contribution in [0, 0.1) is 6.92 Å². The predicted octanol–water partition coefficient (Wildman–Crippen LogP) is 11.9. The van der Waals surface area contributed by atoms with Crippen molar-refractivity contribution in [2.45, 2.75) is 66.7 Å². The second kappa shape index (κ2) is 13.8. The van der Waals surface area contributed by atoms with Gasteiger partial charge in [-0.2, -0.15) is 0 Å². The van der Waals surface area contributed by atoms with E-state index in [-0.39, 0.29) is 29.6 Å². The Balaban J connectivity index is 0.00000480. The average molecular weight is 628 g/mol. The third-order valence-electron chi connectivity index (χ3n) is 8.10. The summed E-state index contributed by atoms with van der Waals surface area (Å²) < 4.78 is 0. The Morgan fingerprint density at radius 2 is 1.13 bits per heavy atom. The van der Waals surface area contributed by atoms with Crippen LogP contribution in [0.3, 0.4) is 0 Å². The minimum atomic E-state index is -0.256. The highest BCUT2D eigenvalue weighted by Gasteiger charge is 2.19. The standard InChI is InChI=1S/C41H41NO2S.CH4/c1-28-10-8-9-11-37(28)39(44)30(27-43)26-36-24-25-38(45-36)29-12-18-33(19-13-29)42(34-20-14-31(15-21-34)40(2,3)4)35-22-16-32(17-23-35)41(5,6)7;/h8-27H,1-7H3;1H4/b30-26-;. The van der Waals surface area contributed by atoms with Crippen molar-refractivity contribution < 1.29 is 9.59 Å². The molecule has 0 aliphatic carbocycles. The number of benzene rings is 4. The third kappa shape index (κ3) is 7.63. The lowest BCUT2D eigenvalue weighted by Crippen LogP contribution is -2.14. The third-order valence-corrected chi connectivity index (χ3v) is 9.18. The van der Waals surface area contributed by atoms with Crippen molar-refractivity contribution in [3.05, 3.63) is 142 Å². The van der Waals surface area contributed by atoms with Crippen LogP contribution in [0.2, 0.25) is 0 Å². The molecule has 4 heteroatoms. The van der Waals surface area contributed by atoms with Gasteiger partial charge in [0.05, 0.1) is 5.57 Å². The van der Waals surface area contributed by atoms with Crippen LogP contribution in [0.4, 0.5) is 17.1 Å². The smallest absolute Gasteiger partial charge is 0.196 e. The van der Waals surface area contributed by atoms with Gasteiger partial charge in [0.25, 0.3) is 0 Å². The lowest BCUT2D eigenvalue weighted by atomic mass is 9.86. The lowest BCUT2D eigenvalue weighted by molar-refractivity contribution is -0.104. The number of aldehydes is 1. The van der Waals surface area contributed by atoms with Crippen molar-refractivity contribution in [2.75, 3.05) is 4.90 Å². The number of hydrogen-bond acceptors (Lipinski definition) is 4. The maximum absolute atomic E-state index is 13.0. The molecule has 236 valence electrons. The molecule has 0 amide bonds. The normalized spacial score (nSPS) is 11.9. The molecule has 0 bridgehead atoms. The van der Waals surface area contributed by atoms with E-state index in [9.17, 15) is 9.59 Å². The van der Waals surface area contributed by atoms with Crippen LogP contribution >= 0.6 is 11.3 Å². The Bertz CT molecular complexity index is 1770. The molecule has 0 unspecified atom stereocenters. The summed E-state index contributed by atoms with van der Waals surface area (Å²) in [7, 11) is 0. The molecule has 3 nitrogen and oxygen atoms in total. The zero-order chi connectivity index (χ0) is 32.4. The van der Waals surface area contributed by atoms with E-state index in [1.165, 1.54) is 11.1 Å². The van der Waals surface area contributed by atoms with Crippen LogP contribution in [0.5, 0.6) is 0 Å². The first-order chi connectivity index (χ1) is 21.3. The van der Waals surface area contributed by atoms with E-state index in [4.69, 9.17) is 0 Å². The highest BCUT2D eigenvalue weighted by molar-refractivity contribution is 7.16. The molecule has 0 atom stereocenters. The van der Waals surface area contributed by atoms with E-state index in [1.54, 1.807) is 23.5 Å². The summed E-state index contributed by atoms with van der Waals surface area (Å²) >= 11 is 1.56. The Kier molecular flexibility index (Phi) is 10.3. The van der Waals surface area contributed by atoms with Gasteiger partial charge in [-0.25, -0.2) is 0 Å². The Morgan fingerprint density at radius 3 is 1.59 bits per heavy atom. The average Bonchev–Trinajstić information content (AvgIpc) is 3.49. The Hall–Kier alpha value is -4.54. The highest BCUT2D eigenvalue weighted by Crippen LogP contribution is 2.38. The monoisotopic (exact) mass is 627 g/mol. The minimum absolute atomic E-state index is 0. The number of allylic oxidation sites excluding steroid dienone is 1. The number of carbonyl (C=O) groups excluding carboxylic acids is 2. The molecule has 0 radical (unpaired) electrons. The van der Waals surface area contributed by atoms with Crippen LogP contribution < -0.4 is 4.90 Å². The number of aryl methyl sites for hydroxylation is 1. The molecule has 0 saturated heterocycles. The summed E-state index contributed by atoms with van der Waals surface area (Å²) in [6.07, 6.45) is 2.34. The van der Waals surface area contributed by atoms with Gasteiger partial charge in [-0.3, -0.25) is 9.59 Å². The predicted molar refractivity (Wildman–Crippen MR) is 198 cm³/mol. The molecule has 4 aromatic carbocycles. The van der Waals surface area contributed by atoms with Crippen molar-refractivity contribution in [1.29, 1.82) is 0 Å². The van der Waals surface area contributed by atoms with E-state index < -0.39 is 0 Å². The van der Waals surface area contributed by atoms with Gasteiger partial charge in [0.15, 0.2) is 12.1 Å². The maximum Gasteiger partial charge on any atom is 0.196 e. The van der Waals surface area contributed by atoms with E-state index in [1.807, 2.05) is 37.3 Å². The number of anilines is 3. The molecule has 1 heterocycles. The van der Waals surface area contributed by atoms with Crippen LogP contribution in [-0.4, -0.2) is 12.1 Å². The molecule has 0 aliphatic rings. The fraction of sp³-hybridized carbons (Fsp3) is 0.238. The number of hydrogen-bond donors (Lipinski definition) is 0. The summed E-state index contributed by atoms with van der Waals surface area (Å²) in [4.78, 5) is 29.2. The fourth-order valence-electron chi connectivity index (χ4n) is 5.32. The van der Waals surface area contributed by atoms with Gasteiger partial charge >= 0.3 is 0 Å². The number of Topliss-reactive ketones (excluding diaryl/α,β-unsaturated/α-hetero) is 1. The molecule has 0 spiro atoms. The first-order valence-corrected chi connectivity index (χ1v) is 16.2. The van der Waals surface area contributed by atoms with Gasteiger partial charge in [0, 0.05) is 32.4 Å². The molecular formula is C42H45NO2S. The molecule has 1 aromatic heterocycles. The number of carbonyl (C=O) groups is 2. The van der Waals surface area contributed by atoms with Gasteiger partial charge in [0.1, 0.15) is 0 Å². The molecule has 0 fully saturated rings. The summed E-state index contributed by atoms with van der Waals surface area (Å²) in [6.45, 7) is 15.3. The van der Waals surface area contributed by atoms with E-state index in [0.29, 0.717) is 11.8 Å². The number of nitrogens with zero attached hydrogens (tertiary/aromatic N) is 1. The summed E-state index contributed by atoms with van der Waals surface area (Å²) in [6, 6.07) is 37.6. The zero-order valence-corrected chi connectivity index (χ0v) is 28.0. The molecule has 46 heavy (non-hydrogen) atoms. The van der Waals surface area contributed by atoms with Gasteiger partial charge in [-0.15, -0.1) is 11.3 Å². The molecule has 0 saturated carbocycles. The summed E-state index contributed by atoms with van der Waals surface area (Å²) in [5, 5.41) is 0.